The Bertz CT molecular complexity index is 3210. The predicted molar refractivity (Wildman–Crippen MR) is 274 cm³/mol. The fourth-order valence-corrected chi connectivity index (χ4v) is 14.4. The molecule has 0 heterocycles. The summed E-state index contributed by atoms with van der Waals surface area (Å²) in [5, 5.41) is 9.20. The van der Waals surface area contributed by atoms with Crippen LogP contribution < -0.4 is 5.19 Å². The van der Waals surface area contributed by atoms with E-state index in [2.05, 4.69) is 209 Å². The summed E-state index contributed by atoms with van der Waals surface area (Å²) in [5.41, 5.74) is 16.5. The van der Waals surface area contributed by atoms with Crippen molar-refractivity contribution in [2.45, 2.75) is 64.6 Å². The lowest BCUT2D eigenvalue weighted by Crippen LogP contribution is -2.49. The minimum Gasteiger partial charge on any atom is -0.0656 e. The molecule has 0 aliphatic heterocycles. The highest BCUT2D eigenvalue weighted by Gasteiger charge is 2.56. The highest BCUT2D eigenvalue weighted by molar-refractivity contribution is 6.88. The molecule has 63 heavy (non-hydrogen) atoms. The van der Waals surface area contributed by atoms with Gasteiger partial charge in [0.25, 0.3) is 0 Å². The molecule has 12 rings (SSSR count). The molecule has 0 nitrogen and oxygen atoms in total. The molecule has 3 aliphatic carbocycles. The maximum Gasteiger partial charge on any atom is 0.0775 e. The van der Waals surface area contributed by atoms with Gasteiger partial charge in [0, 0.05) is 5.41 Å². The Balaban J connectivity index is 0.946. The van der Waals surface area contributed by atoms with E-state index in [0.717, 1.165) is 11.8 Å². The smallest absolute Gasteiger partial charge is 0.0656 e. The van der Waals surface area contributed by atoms with Crippen LogP contribution in [0.4, 0.5) is 0 Å². The van der Waals surface area contributed by atoms with Crippen LogP contribution in [0.1, 0.15) is 50.7 Å². The third kappa shape index (κ3) is 6.07. The minimum absolute atomic E-state index is 0.0995. The van der Waals surface area contributed by atoms with Crippen LogP contribution in [0.3, 0.4) is 0 Å². The van der Waals surface area contributed by atoms with Crippen molar-refractivity contribution in [1.29, 1.82) is 0 Å². The number of hydrogen-bond acceptors (Lipinski definition) is 0. The van der Waals surface area contributed by atoms with Gasteiger partial charge >= 0.3 is 0 Å². The van der Waals surface area contributed by atoms with Crippen LogP contribution in [-0.4, -0.2) is 8.07 Å². The molecule has 2 saturated carbocycles. The molecule has 0 radical (unpaired) electrons. The molecule has 9 aromatic rings. The van der Waals surface area contributed by atoms with Crippen LogP contribution in [0.5, 0.6) is 0 Å². The van der Waals surface area contributed by atoms with Crippen molar-refractivity contribution in [3.63, 3.8) is 0 Å². The SMILES string of the molecule is CC1CC2CC(C)C3(c4ccccc4-c4ccc(-c5ccc6cc(-c7c8ccccc8c(-c8cccc(-c9ccc([Si](C)(C)C)cc9)c8)c8ccccc78)ccc6c5)cc43)C(C1)C2. The largest absolute Gasteiger partial charge is 0.0775 e. The maximum atomic E-state index is 2.61. The summed E-state index contributed by atoms with van der Waals surface area (Å²) >= 11 is 0. The monoisotopic (exact) mass is 828 g/mol. The van der Waals surface area contributed by atoms with Gasteiger partial charge in [-0.3, -0.25) is 0 Å². The summed E-state index contributed by atoms with van der Waals surface area (Å²) in [7, 11) is -1.37. The number of benzene rings is 9. The van der Waals surface area contributed by atoms with Gasteiger partial charge in [-0.2, -0.15) is 0 Å². The van der Waals surface area contributed by atoms with Gasteiger partial charge in [-0.15, -0.1) is 0 Å². The molecule has 0 aromatic heterocycles. The second kappa shape index (κ2) is 14.5. The molecular formula is C62H56Si. The first kappa shape index (κ1) is 38.6. The molecule has 0 N–H and O–H groups in total. The number of hydrogen-bond donors (Lipinski definition) is 0. The second-order valence-corrected chi connectivity index (χ2v) is 25.8. The maximum absolute atomic E-state index is 2.61. The van der Waals surface area contributed by atoms with E-state index in [9.17, 15) is 0 Å². The Labute approximate surface area is 374 Å². The van der Waals surface area contributed by atoms with Gasteiger partial charge in [0.2, 0.25) is 0 Å². The van der Waals surface area contributed by atoms with Gasteiger partial charge in [0.05, 0.1) is 8.07 Å². The Morgan fingerprint density at radius 3 is 1.62 bits per heavy atom. The number of rotatable bonds is 5. The first-order chi connectivity index (χ1) is 30.6. The molecule has 2 bridgehead atoms. The van der Waals surface area contributed by atoms with E-state index >= 15 is 0 Å². The number of fused-ring (bicyclic) bond motifs is 11. The zero-order valence-corrected chi connectivity index (χ0v) is 38.4. The highest BCUT2D eigenvalue weighted by atomic mass is 28.3. The van der Waals surface area contributed by atoms with E-state index in [1.807, 2.05) is 0 Å². The zero-order chi connectivity index (χ0) is 42.6. The normalized spacial score (nSPS) is 21.5. The van der Waals surface area contributed by atoms with Crippen LogP contribution in [0.2, 0.25) is 19.6 Å². The van der Waals surface area contributed by atoms with Gasteiger partial charge in [-0.25, -0.2) is 0 Å². The minimum atomic E-state index is -1.37. The van der Waals surface area contributed by atoms with Crippen molar-refractivity contribution in [2.24, 2.45) is 23.7 Å². The Morgan fingerprint density at radius 1 is 0.413 bits per heavy atom. The van der Waals surface area contributed by atoms with Gasteiger partial charge in [0.1, 0.15) is 0 Å². The summed E-state index contributed by atoms with van der Waals surface area (Å²) < 4.78 is 0. The molecule has 5 unspecified atom stereocenters. The zero-order valence-electron chi connectivity index (χ0n) is 37.4. The lowest BCUT2D eigenvalue weighted by Gasteiger charge is -2.54. The summed E-state index contributed by atoms with van der Waals surface area (Å²) in [4.78, 5) is 0. The third-order valence-corrected chi connectivity index (χ3v) is 18.0. The Kier molecular flexibility index (Phi) is 8.90. The molecule has 9 aromatic carbocycles. The Morgan fingerprint density at radius 2 is 0.937 bits per heavy atom. The average Bonchev–Trinajstić information content (AvgIpc) is 3.60. The van der Waals surface area contributed by atoms with Crippen LogP contribution in [0.15, 0.2) is 176 Å². The van der Waals surface area contributed by atoms with Crippen molar-refractivity contribution >= 4 is 45.6 Å². The molecular weight excluding hydrogens is 773 g/mol. The van der Waals surface area contributed by atoms with Crippen LogP contribution in [-0.2, 0) is 5.41 Å². The lowest BCUT2D eigenvalue weighted by atomic mass is 9.49. The van der Waals surface area contributed by atoms with Gasteiger partial charge in [-0.05, 0) is 173 Å². The van der Waals surface area contributed by atoms with E-state index in [0.29, 0.717) is 11.8 Å². The van der Waals surface area contributed by atoms with Gasteiger partial charge in [-0.1, -0.05) is 190 Å². The van der Waals surface area contributed by atoms with Crippen molar-refractivity contribution < 1.29 is 0 Å². The van der Waals surface area contributed by atoms with Crippen molar-refractivity contribution in [1.82, 2.24) is 0 Å². The average molecular weight is 829 g/mol. The van der Waals surface area contributed by atoms with Crippen molar-refractivity contribution in [2.75, 3.05) is 0 Å². The van der Waals surface area contributed by atoms with E-state index in [4.69, 9.17) is 0 Å². The molecule has 5 atom stereocenters. The summed E-state index contributed by atoms with van der Waals surface area (Å²) in [6, 6.07) is 67.8. The molecule has 2 fully saturated rings. The topological polar surface area (TPSA) is 0 Å². The third-order valence-electron chi connectivity index (χ3n) is 15.9. The molecule has 0 amide bonds. The van der Waals surface area contributed by atoms with E-state index in [-0.39, 0.29) is 5.41 Å². The highest BCUT2D eigenvalue weighted by Crippen LogP contribution is 2.64. The van der Waals surface area contributed by atoms with E-state index in [1.54, 1.807) is 11.1 Å². The Hall–Kier alpha value is -6.02. The van der Waals surface area contributed by atoms with Crippen molar-refractivity contribution in [3.05, 3.63) is 187 Å². The lowest BCUT2D eigenvalue weighted by molar-refractivity contribution is 0.0426. The molecule has 3 aliphatic rings. The quantitative estimate of drug-likeness (QED) is 0.120. The molecule has 1 heteroatoms. The first-order valence-electron chi connectivity index (χ1n) is 23.6. The van der Waals surface area contributed by atoms with Crippen LogP contribution >= 0.6 is 0 Å². The van der Waals surface area contributed by atoms with Crippen LogP contribution in [0.25, 0.3) is 88.0 Å². The standard InChI is InChI=1S/C62H56Si/c1-39-31-41-33-40(2)62(50(32-39)34-41)58-20-11-10-15-52(58)53-30-27-47(38-59(53)62)45-21-22-46-37-49(24-23-44(46)35-45)61-56-18-8-6-16-54(56)60(55-17-7-9-19-57(55)61)48-14-12-13-43(36-48)42-25-28-51(29-26-42)63(3,4)5/h6-30,35-41,50H,31-34H2,1-5H3. The van der Waals surface area contributed by atoms with Gasteiger partial charge < -0.3 is 0 Å². The molecule has 308 valence electrons. The summed E-state index contributed by atoms with van der Waals surface area (Å²) in [6.07, 6.45) is 5.46. The fraction of sp³-hybridized carbons (Fsp3) is 0.226. The van der Waals surface area contributed by atoms with E-state index < -0.39 is 8.07 Å². The first-order valence-corrected chi connectivity index (χ1v) is 27.1. The summed E-state index contributed by atoms with van der Waals surface area (Å²) in [5.74, 6) is 3.01. The second-order valence-electron chi connectivity index (χ2n) is 20.7. The van der Waals surface area contributed by atoms with Crippen molar-refractivity contribution in [3.8, 4) is 55.6 Å². The summed E-state index contributed by atoms with van der Waals surface area (Å²) in [6.45, 7) is 12.3. The molecule has 0 saturated heterocycles. The predicted octanol–water partition coefficient (Wildman–Crippen LogP) is 16.7. The van der Waals surface area contributed by atoms with E-state index in [1.165, 1.54) is 119 Å². The van der Waals surface area contributed by atoms with Gasteiger partial charge in [0.15, 0.2) is 0 Å². The fourth-order valence-electron chi connectivity index (χ4n) is 13.2. The molecule has 1 spiro atoms. The van der Waals surface area contributed by atoms with Crippen LogP contribution in [0, 0.1) is 23.7 Å².